The van der Waals surface area contributed by atoms with Crippen LogP contribution in [0.2, 0.25) is 10.0 Å². The maximum atomic E-state index is 12.5. The number of hydrogen-bond acceptors (Lipinski definition) is 4. The van der Waals surface area contributed by atoms with Gasteiger partial charge in [0.05, 0.1) is 16.2 Å². The highest BCUT2D eigenvalue weighted by Crippen LogP contribution is 2.31. The number of aromatic carboxylic acids is 1. The molecule has 2 aromatic carbocycles. The second-order valence-corrected chi connectivity index (χ2v) is 6.39. The van der Waals surface area contributed by atoms with Crippen LogP contribution < -0.4 is 5.32 Å². The SMILES string of the molecule is CN1C(=O)C(Nc2ccc(Cl)c(C(=O)O)c2)=C(c2ccc(Cl)cc2)C1=O. The van der Waals surface area contributed by atoms with Crippen molar-refractivity contribution in [2.75, 3.05) is 12.4 Å². The topological polar surface area (TPSA) is 86.7 Å². The minimum Gasteiger partial charge on any atom is -0.478 e. The molecule has 0 aliphatic carbocycles. The molecule has 0 atom stereocenters. The van der Waals surface area contributed by atoms with Gasteiger partial charge in [0.15, 0.2) is 0 Å². The summed E-state index contributed by atoms with van der Waals surface area (Å²) in [6, 6.07) is 10.7. The summed E-state index contributed by atoms with van der Waals surface area (Å²) >= 11 is 11.7. The van der Waals surface area contributed by atoms with Crippen LogP contribution >= 0.6 is 23.2 Å². The predicted molar refractivity (Wildman–Crippen MR) is 98.2 cm³/mol. The number of amides is 2. The van der Waals surface area contributed by atoms with E-state index in [0.29, 0.717) is 16.3 Å². The molecular formula is C18H12Cl2N2O4. The summed E-state index contributed by atoms with van der Waals surface area (Å²) in [6.07, 6.45) is 0. The van der Waals surface area contributed by atoms with E-state index in [9.17, 15) is 19.5 Å². The van der Waals surface area contributed by atoms with Crippen molar-refractivity contribution in [3.63, 3.8) is 0 Å². The number of carboxylic acids is 1. The smallest absolute Gasteiger partial charge is 0.337 e. The van der Waals surface area contributed by atoms with E-state index in [1.807, 2.05) is 0 Å². The number of halogens is 2. The van der Waals surface area contributed by atoms with Crippen LogP contribution in [-0.4, -0.2) is 34.8 Å². The first-order chi connectivity index (χ1) is 12.3. The summed E-state index contributed by atoms with van der Waals surface area (Å²) in [5, 5.41) is 12.6. The van der Waals surface area contributed by atoms with E-state index in [2.05, 4.69) is 5.32 Å². The first-order valence-corrected chi connectivity index (χ1v) is 8.17. The van der Waals surface area contributed by atoms with Gasteiger partial charge in [0.2, 0.25) is 0 Å². The first-order valence-electron chi connectivity index (χ1n) is 7.42. The van der Waals surface area contributed by atoms with Gasteiger partial charge in [0.25, 0.3) is 11.8 Å². The Labute approximate surface area is 158 Å². The number of carbonyl (C=O) groups is 3. The number of rotatable bonds is 4. The summed E-state index contributed by atoms with van der Waals surface area (Å²) in [4.78, 5) is 37.2. The Morgan fingerprint density at radius 2 is 1.69 bits per heavy atom. The van der Waals surface area contributed by atoms with Crippen LogP contribution in [0.15, 0.2) is 48.2 Å². The fraction of sp³-hybridized carbons (Fsp3) is 0.0556. The number of carboxylic acid groups (broad SMARTS) is 1. The zero-order valence-electron chi connectivity index (χ0n) is 13.4. The number of nitrogens with zero attached hydrogens (tertiary/aromatic N) is 1. The van der Waals surface area contributed by atoms with Crippen molar-refractivity contribution in [3.05, 3.63) is 69.3 Å². The number of benzene rings is 2. The molecule has 0 saturated heterocycles. The van der Waals surface area contributed by atoms with Crippen molar-refractivity contribution >= 4 is 52.2 Å². The van der Waals surface area contributed by atoms with Crippen LogP contribution in [0.5, 0.6) is 0 Å². The molecule has 0 fully saturated rings. The van der Waals surface area contributed by atoms with Gasteiger partial charge in [0, 0.05) is 17.8 Å². The zero-order valence-corrected chi connectivity index (χ0v) is 14.9. The highest BCUT2D eigenvalue weighted by molar-refractivity contribution is 6.37. The van der Waals surface area contributed by atoms with Gasteiger partial charge in [-0.15, -0.1) is 0 Å². The highest BCUT2D eigenvalue weighted by Gasteiger charge is 2.36. The fourth-order valence-electron chi connectivity index (χ4n) is 2.55. The minimum absolute atomic E-state index is 0.0542. The Hall–Kier alpha value is -2.83. The van der Waals surface area contributed by atoms with Gasteiger partial charge in [-0.05, 0) is 35.9 Å². The number of carbonyl (C=O) groups excluding carboxylic acids is 2. The van der Waals surface area contributed by atoms with Gasteiger partial charge < -0.3 is 10.4 Å². The summed E-state index contributed by atoms with van der Waals surface area (Å²) in [7, 11) is 1.37. The normalized spacial score (nSPS) is 14.2. The van der Waals surface area contributed by atoms with Crippen molar-refractivity contribution in [2.45, 2.75) is 0 Å². The monoisotopic (exact) mass is 390 g/mol. The van der Waals surface area contributed by atoms with Crippen LogP contribution in [0.1, 0.15) is 15.9 Å². The number of anilines is 1. The highest BCUT2D eigenvalue weighted by atomic mass is 35.5. The van der Waals surface area contributed by atoms with E-state index < -0.39 is 17.8 Å². The van der Waals surface area contributed by atoms with Crippen LogP contribution in [0.4, 0.5) is 5.69 Å². The van der Waals surface area contributed by atoms with Crippen LogP contribution in [0.3, 0.4) is 0 Å². The quantitative estimate of drug-likeness (QED) is 0.779. The Kier molecular flexibility index (Phi) is 4.71. The molecule has 3 rings (SSSR count). The molecule has 0 spiro atoms. The molecular weight excluding hydrogens is 379 g/mol. The van der Waals surface area contributed by atoms with Gasteiger partial charge >= 0.3 is 5.97 Å². The van der Waals surface area contributed by atoms with Gasteiger partial charge in [-0.2, -0.15) is 0 Å². The molecule has 0 aromatic heterocycles. The average Bonchev–Trinajstić information content (AvgIpc) is 2.81. The van der Waals surface area contributed by atoms with Crippen molar-refractivity contribution < 1.29 is 19.5 Å². The molecule has 6 nitrogen and oxygen atoms in total. The van der Waals surface area contributed by atoms with E-state index >= 15 is 0 Å². The van der Waals surface area contributed by atoms with E-state index in [4.69, 9.17) is 23.2 Å². The van der Waals surface area contributed by atoms with Crippen LogP contribution in [-0.2, 0) is 9.59 Å². The molecule has 1 aliphatic rings. The van der Waals surface area contributed by atoms with E-state index in [-0.39, 0.29) is 21.9 Å². The molecule has 0 radical (unpaired) electrons. The van der Waals surface area contributed by atoms with E-state index in [0.717, 1.165) is 4.90 Å². The zero-order chi connectivity index (χ0) is 19.0. The van der Waals surface area contributed by atoms with Crippen molar-refractivity contribution in [3.8, 4) is 0 Å². The molecule has 0 bridgehead atoms. The van der Waals surface area contributed by atoms with Gasteiger partial charge in [0.1, 0.15) is 5.70 Å². The molecule has 2 amide bonds. The molecule has 0 unspecified atom stereocenters. The second-order valence-electron chi connectivity index (χ2n) is 5.55. The summed E-state index contributed by atoms with van der Waals surface area (Å²) in [6.45, 7) is 0. The number of hydrogen-bond donors (Lipinski definition) is 2. The molecule has 132 valence electrons. The Bertz CT molecular complexity index is 968. The van der Waals surface area contributed by atoms with E-state index in [1.54, 1.807) is 24.3 Å². The molecule has 2 N–H and O–H groups in total. The van der Waals surface area contributed by atoms with Gasteiger partial charge in [-0.1, -0.05) is 35.3 Å². The van der Waals surface area contributed by atoms with Gasteiger partial charge in [-0.25, -0.2) is 4.79 Å². The van der Waals surface area contributed by atoms with Crippen molar-refractivity contribution in [1.82, 2.24) is 4.90 Å². The van der Waals surface area contributed by atoms with Crippen LogP contribution in [0, 0.1) is 0 Å². The molecule has 1 aliphatic heterocycles. The maximum Gasteiger partial charge on any atom is 0.337 e. The third-order valence-electron chi connectivity index (χ3n) is 3.89. The summed E-state index contributed by atoms with van der Waals surface area (Å²) in [5.41, 5.74) is 0.964. The summed E-state index contributed by atoms with van der Waals surface area (Å²) in [5.74, 6) is -2.18. The Morgan fingerprint density at radius 3 is 2.31 bits per heavy atom. The maximum absolute atomic E-state index is 12.5. The van der Waals surface area contributed by atoms with E-state index in [1.165, 1.54) is 25.2 Å². The first kappa shape index (κ1) is 18.0. The second kappa shape index (κ2) is 6.82. The predicted octanol–water partition coefficient (Wildman–Crippen LogP) is 3.51. The lowest BCUT2D eigenvalue weighted by atomic mass is 10.0. The Morgan fingerprint density at radius 1 is 1.04 bits per heavy atom. The number of likely N-dealkylation sites (N-methyl/N-ethyl adjacent to an activating group) is 1. The van der Waals surface area contributed by atoms with Gasteiger partial charge in [-0.3, -0.25) is 14.5 Å². The van der Waals surface area contributed by atoms with Crippen LogP contribution in [0.25, 0.3) is 5.57 Å². The fourth-order valence-corrected chi connectivity index (χ4v) is 2.88. The summed E-state index contributed by atoms with van der Waals surface area (Å²) < 4.78 is 0. The molecule has 26 heavy (non-hydrogen) atoms. The van der Waals surface area contributed by atoms with Crippen molar-refractivity contribution in [2.24, 2.45) is 0 Å². The Balaban J connectivity index is 2.08. The molecule has 8 heteroatoms. The third kappa shape index (κ3) is 3.16. The lowest BCUT2D eigenvalue weighted by Gasteiger charge is -2.10. The lowest BCUT2D eigenvalue weighted by Crippen LogP contribution is -2.27. The molecule has 0 saturated carbocycles. The number of imide groups is 1. The standard InChI is InChI=1S/C18H12Cl2N2O4/c1-22-16(23)14(9-2-4-10(19)5-3-9)15(17(22)24)21-11-6-7-13(20)12(8-11)18(25)26/h2-8,21H,1H3,(H,25,26). The average molecular weight is 391 g/mol. The van der Waals surface area contributed by atoms with Crippen molar-refractivity contribution in [1.29, 1.82) is 0 Å². The number of nitrogens with one attached hydrogen (secondary N) is 1. The molecule has 1 heterocycles. The lowest BCUT2D eigenvalue weighted by molar-refractivity contribution is -0.135. The molecule has 2 aromatic rings. The third-order valence-corrected chi connectivity index (χ3v) is 4.47. The largest absolute Gasteiger partial charge is 0.478 e. The minimum atomic E-state index is -1.20.